The van der Waals surface area contributed by atoms with Crippen LogP contribution >= 0.6 is 0 Å². The lowest BCUT2D eigenvalue weighted by atomic mass is 9.86. The van der Waals surface area contributed by atoms with E-state index in [1.807, 2.05) is 27.7 Å². The Balaban J connectivity index is 2.19. The topological polar surface area (TPSA) is 27.7 Å². The zero-order valence-electron chi connectivity index (χ0n) is 14.5. The van der Waals surface area contributed by atoms with Crippen LogP contribution in [0.4, 0.5) is 13.2 Å². The molecule has 0 spiro atoms. The molecule has 0 radical (unpaired) electrons. The molecule has 0 unspecified atom stereocenters. The molecule has 0 aliphatic carbocycles. The SMILES string of the molecule is CC(F)(F)COc1ccccc1C=C(F)B1OC(C)(C)C(C)(C)O1. The number of benzene rings is 1. The van der Waals surface area contributed by atoms with Gasteiger partial charge in [-0.15, -0.1) is 0 Å². The Hall–Kier alpha value is -1.47. The summed E-state index contributed by atoms with van der Waals surface area (Å²) in [5, 5.41) is 0. The second-order valence-corrected chi connectivity index (χ2v) is 7.01. The lowest BCUT2D eigenvalue weighted by Gasteiger charge is -2.32. The van der Waals surface area contributed by atoms with Gasteiger partial charge in [-0.2, -0.15) is 0 Å². The molecule has 0 aromatic heterocycles. The van der Waals surface area contributed by atoms with Gasteiger partial charge in [-0.25, -0.2) is 13.2 Å². The van der Waals surface area contributed by atoms with E-state index in [9.17, 15) is 13.2 Å². The minimum Gasteiger partial charge on any atom is -0.487 e. The lowest BCUT2D eigenvalue weighted by Crippen LogP contribution is -2.41. The molecule has 1 aromatic carbocycles. The summed E-state index contributed by atoms with van der Waals surface area (Å²) in [6.07, 6.45) is 1.19. The maximum atomic E-state index is 14.5. The zero-order valence-corrected chi connectivity index (χ0v) is 14.5. The highest BCUT2D eigenvalue weighted by Gasteiger charge is 2.53. The maximum Gasteiger partial charge on any atom is 0.525 e. The molecule has 7 heteroatoms. The molecule has 1 aliphatic rings. The lowest BCUT2D eigenvalue weighted by molar-refractivity contribution is -0.0230. The van der Waals surface area contributed by atoms with Crippen molar-refractivity contribution in [3.8, 4) is 5.75 Å². The molecule has 0 saturated carbocycles. The monoisotopic (exact) mass is 342 g/mol. The first-order valence-corrected chi connectivity index (χ1v) is 7.74. The normalized spacial score (nSPS) is 20.3. The van der Waals surface area contributed by atoms with Gasteiger partial charge in [0.15, 0.2) is 6.61 Å². The second kappa shape index (κ2) is 6.45. The highest BCUT2D eigenvalue weighted by Crippen LogP contribution is 2.39. The second-order valence-electron chi connectivity index (χ2n) is 7.01. The third-order valence-electron chi connectivity index (χ3n) is 4.17. The Bertz CT molecular complexity index is 608. The third kappa shape index (κ3) is 4.33. The Kier molecular flexibility index (Phi) is 5.07. The average Bonchev–Trinajstić information content (AvgIpc) is 2.66. The number of para-hydroxylation sites is 1. The fraction of sp³-hybridized carbons (Fsp3) is 0.529. The first-order chi connectivity index (χ1) is 10.9. The van der Waals surface area contributed by atoms with Gasteiger partial charge in [0, 0.05) is 12.5 Å². The van der Waals surface area contributed by atoms with Gasteiger partial charge in [-0.05, 0) is 39.8 Å². The fourth-order valence-corrected chi connectivity index (χ4v) is 2.11. The van der Waals surface area contributed by atoms with Crippen LogP contribution in [0.15, 0.2) is 30.0 Å². The molecule has 1 heterocycles. The molecular weight excluding hydrogens is 320 g/mol. The molecule has 0 N–H and O–H groups in total. The van der Waals surface area contributed by atoms with Crippen LogP contribution in [0.3, 0.4) is 0 Å². The quantitative estimate of drug-likeness (QED) is 0.729. The van der Waals surface area contributed by atoms with Gasteiger partial charge in [-0.1, -0.05) is 18.2 Å². The van der Waals surface area contributed by atoms with Gasteiger partial charge in [0.05, 0.1) is 11.2 Å². The Morgan fingerprint density at radius 2 is 1.71 bits per heavy atom. The molecule has 2 rings (SSSR count). The first-order valence-electron chi connectivity index (χ1n) is 7.74. The number of rotatable bonds is 5. The minimum atomic E-state index is -2.97. The summed E-state index contributed by atoms with van der Waals surface area (Å²) in [6, 6.07) is 6.39. The molecule has 1 aliphatic heterocycles. The summed E-state index contributed by atoms with van der Waals surface area (Å²) < 4.78 is 56.8. The van der Waals surface area contributed by atoms with Crippen LogP contribution in [0.25, 0.3) is 6.08 Å². The summed E-state index contributed by atoms with van der Waals surface area (Å²) in [5.74, 6) is -2.80. The molecule has 0 amide bonds. The van der Waals surface area contributed by atoms with Crippen molar-refractivity contribution in [1.82, 2.24) is 0 Å². The van der Waals surface area contributed by atoms with E-state index in [1.165, 1.54) is 12.1 Å². The third-order valence-corrected chi connectivity index (χ3v) is 4.17. The van der Waals surface area contributed by atoms with E-state index in [2.05, 4.69) is 0 Å². The van der Waals surface area contributed by atoms with E-state index < -0.39 is 36.6 Å². The molecule has 0 atom stereocenters. The molecular formula is C17H22BF3O3. The van der Waals surface area contributed by atoms with Crippen LogP contribution in [0, 0.1) is 0 Å². The molecule has 1 saturated heterocycles. The summed E-state index contributed by atoms with van der Waals surface area (Å²) >= 11 is 0. The predicted octanol–water partition coefficient (Wildman–Crippen LogP) is 4.66. The number of hydrogen-bond donors (Lipinski definition) is 0. The van der Waals surface area contributed by atoms with Gasteiger partial charge in [0.2, 0.25) is 0 Å². The number of ether oxygens (including phenoxy) is 1. The van der Waals surface area contributed by atoms with E-state index in [0.29, 0.717) is 5.56 Å². The van der Waals surface area contributed by atoms with Crippen LogP contribution in [-0.4, -0.2) is 30.8 Å². The molecule has 1 fully saturated rings. The van der Waals surface area contributed by atoms with Crippen molar-refractivity contribution in [3.05, 3.63) is 35.6 Å². The van der Waals surface area contributed by atoms with Gasteiger partial charge in [0.25, 0.3) is 5.92 Å². The van der Waals surface area contributed by atoms with E-state index in [1.54, 1.807) is 18.2 Å². The largest absolute Gasteiger partial charge is 0.525 e. The van der Waals surface area contributed by atoms with Crippen molar-refractivity contribution >= 4 is 13.2 Å². The van der Waals surface area contributed by atoms with Crippen molar-refractivity contribution in [2.45, 2.75) is 51.7 Å². The van der Waals surface area contributed by atoms with Crippen molar-refractivity contribution in [1.29, 1.82) is 0 Å². The van der Waals surface area contributed by atoms with Gasteiger partial charge in [0.1, 0.15) is 11.5 Å². The van der Waals surface area contributed by atoms with Crippen molar-refractivity contribution in [3.63, 3.8) is 0 Å². The summed E-state index contributed by atoms with van der Waals surface area (Å²) in [5.41, 5.74) is -1.63. The maximum absolute atomic E-state index is 14.5. The predicted molar refractivity (Wildman–Crippen MR) is 87.7 cm³/mol. The van der Waals surface area contributed by atoms with E-state index >= 15 is 0 Å². The highest BCUT2D eigenvalue weighted by molar-refractivity contribution is 6.54. The van der Waals surface area contributed by atoms with Crippen LogP contribution in [0.5, 0.6) is 5.75 Å². The molecule has 1 aromatic rings. The fourth-order valence-electron chi connectivity index (χ4n) is 2.11. The van der Waals surface area contributed by atoms with E-state index in [4.69, 9.17) is 14.0 Å². The molecule has 0 bridgehead atoms. The Labute approximate surface area is 140 Å². The van der Waals surface area contributed by atoms with Gasteiger partial charge >= 0.3 is 7.12 Å². The highest BCUT2D eigenvalue weighted by atomic mass is 19.3. The first kappa shape index (κ1) is 18.9. The van der Waals surface area contributed by atoms with Gasteiger partial charge < -0.3 is 14.0 Å². The van der Waals surface area contributed by atoms with Gasteiger partial charge in [-0.3, -0.25) is 0 Å². The van der Waals surface area contributed by atoms with Crippen LogP contribution < -0.4 is 4.74 Å². The summed E-state index contributed by atoms with van der Waals surface area (Å²) in [4.78, 5) is 0. The average molecular weight is 342 g/mol. The van der Waals surface area contributed by atoms with Crippen molar-refractivity contribution in [2.75, 3.05) is 6.61 Å². The number of alkyl halides is 2. The smallest absolute Gasteiger partial charge is 0.487 e. The zero-order chi connectivity index (χ0) is 18.2. The standard InChI is InChI=1S/C17H22BF3O3/c1-15(2)16(3,4)24-18(23-15)14(19)10-12-8-6-7-9-13(12)22-11-17(5,20)21/h6-10H,11H2,1-5H3. The molecule has 3 nitrogen and oxygen atoms in total. The Morgan fingerprint density at radius 1 is 1.17 bits per heavy atom. The molecule has 24 heavy (non-hydrogen) atoms. The van der Waals surface area contributed by atoms with E-state index in [-0.39, 0.29) is 5.75 Å². The summed E-state index contributed by atoms with van der Waals surface area (Å²) in [6.45, 7) is 7.26. The van der Waals surface area contributed by atoms with Crippen LogP contribution in [0.1, 0.15) is 40.2 Å². The molecule has 132 valence electrons. The van der Waals surface area contributed by atoms with Crippen LogP contribution in [-0.2, 0) is 9.31 Å². The van der Waals surface area contributed by atoms with E-state index in [0.717, 1.165) is 6.92 Å². The number of halogens is 3. The van der Waals surface area contributed by atoms with Crippen LogP contribution in [0.2, 0.25) is 0 Å². The minimum absolute atomic E-state index is 0.172. The Morgan fingerprint density at radius 3 is 2.25 bits per heavy atom. The van der Waals surface area contributed by atoms with Crippen molar-refractivity contribution < 1.29 is 27.2 Å². The number of hydrogen-bond acceptors (Lipinski definition) is 3. The summed E-state index contributed by atoms with van der Waals surface area (Å²) in [7, 11) is -1.14. The van der Waals surface area contributed by atoms with Crippen molar-refractivity contribution in [2.24, 2.45) is 0 Å².